The van der Waals surface area contributed by atoms with Crippen LogP contribution in [0.1, 0.15) is 16.8 Å². The van der Waals surface area contributed by atoms with Gasteiger partial charge < -0.3 is 14.6 Å². The van der Waals surface area contributed by atoms with E-state index >= 15 is 0 Å². The summed E-state index contributed by atoms with van der Waals surface area (Å²) >= 11 is 0. The molecular formula is C21H22N2O3. The Hall–Kier alpha value is -3.08. The van der Waals surface area contributed by atoms with Crippen LogP contribution in [0.2, 0.25) is 0 Å². The van der Waals surface area contributed by atoms with Gasteiger partial charge in [0.1, 0.15) is 6.54 Å². The van der Waals surface area contributed by atoms with Crippen molar-refractivity contribution in [3.05, 3.63) is 65.4 Å². The second-order valence-electron chi connectivity index (χ2n) is 6.44. The van der Waals surface area contributed by atoms with Crippen molar-refractivity contribution in [3.63, 3.8) is 0 Å². The lowest BCUT2D eigenvalue weighted by molar-refractivity contribution is -0.147. The van der Waals surface area contributed by atoms with Crippen LogP contribution in [0.3, 0.4) is 0 Å². The number of nitrogens with zero attached hydrogens (tertiary/aromatic N) is 1. The second kappa shape index (κ2) is 7.44. The highest BCUT2D eigenvalue weighted by Crippen LogP contribution is 2.19. The Balaban J connectivity index is 1.57. The summed E-state index contributed by atoms with van der Waals surface area (Å²) in [5.41, 5.74) is 4.89. The quantitative estimate of drug-likeness (QED) is 0.713. The molecule has 0 saturated carbocycles. The molecule has 0 fully saturated rings. The summed E-state index contributed by atoms with van der Waals surface area (Å²) in [7, 11) is 0. The van der Waals surface area contributed by atoms with E-state index in [0.717, 1.165) is 27.7 Å². The van der Waals surface area contributed by atoms with Crippen molar-refractivity contribution in [3.8, 4) is 0 Å². The molecule has 0 atom stereocenters. The van der Waals surface area contributed by atoms with Crippen LogP contribution in [0.25, 0.3) is 10.9 Å². The smallest absolute Gasteiger partial charge is 0.326 e. The van der Waals surface area contributed by atoms with Crippen LogP contribution in [-0.2, 0) is 20.9 Å². The van der Waals surface area contributed by atoms with Crippen molar-refractivity contribution < 1.29 is 14.3 Å². The molecule has 134 valence electrons. The van der Waals surface area contributed by atoms with Crippen LogP contribution in [-0.4, -0.2) is 23.1 Å². The first-order chi connectivity index (χ1) is 12.4. The number of amides is 1. The molecule has 26 heavy (non-hydrogen) atoms. The second-order valence-corrected chi connectivity index (χ2v) is 6.44. The van der Waals surface area contributed by atoms with Gasteiger partial charge in [-0.25, -0.2) is 0 Å². The Morgan fingerprint density at radius 2 is 1.77 bits per heavy atom. The van der Waals surface area contributed by atoms with Crippen molar-refractivity contribution in [1.29, 1.82) is 0 Å². The minimum absolute atomic E-state index is 0.0796. The molecule has 0 spiro atoms. The number of hydrogen-bond donors (Lipinski definition) is 1. The van der Waals surface area contributed by atoms with E-state index in [0.29, 0.717) is 5.69 Å². The van der Waals surface area contributed by atoms with Crippen LogP contribution in [0, 0.1) is 20.8 Å². The number of rotatable bonds is 5. The average Bonchev–Trinajstić information content (AvgIpc) is 2.92. The van der Waals surface area contributed by atoms with E-state index in [1.54, 1.807) is 0 Å². The highest BCUT2D eigenvalue weighted by molar-refractivity contribution is 5.93. The van der Waals surface area contributed by atoms with Crippen LogP contribution < -0.4 is 5.32 Å². The normalized spacial score (nSPS) is 10.7. The maximum atomic E-state index is 12.1. The Morgan fingerprint density at radius 1 is 1.00 bits per heavy atom. The summed E-state index contributed by atoms with van der Waals surface area (Å²) in [6.07, 6.45) is 0. The summed E-state index contributed by atoms with van der Waals surface area (Å²) in [6, 6.07) is 15.5. The fraction of sp³-hybridized carbons (Fsp3) is 0.238. The molecule has 0 aliphatic rings. The number of aromatic nitrogens is 1. The van der Waals surface area contributed by atoms with E-state index in [1.165, 1.54) is 0 Å². The number of para-hydroxylation sites is 1. The lowest BCUT2D eigenvalue weighted by Crippen LogP contribution is -2.23. The number of ether oxygens (including phenoxy) is 1. The lowest BCUT2D eigenvalue weighted by Gasteiger charge is -2.10. The Kier molecular flexibility index (Phi) is 5.07. The summed E-state index contributed by atoms with van der Waals surface area (Å²) < 4.78 is 7.02. The molecule has 0 aliphatic heterocycles. The molecule has 0 saturated heterocycles. The first-order valence-corrected chi connectivity index (χ1v) is 8.51. The zero-order chi connectivity index (χ0) is 18.7. The third-order valence-corrected chi connectivity index (χ3v) is 4.46. The number of carbonyl (C=O) groups excluding carboxylic acids is 2. The number of esters is 1. The van der Waals surface area contributed by atoms with E-state index in [4.69, 9.17) is 4.74 Å². The highest BCUT2D eigenvalue weighted by Gasteiger charge is 2.12. The van der Waals surface area contributed by atoms with E-state index in [1.807, 2.05) is 73.9 Å². The predicted octanol–water partition coefficient (Wildman–Crippen LogP) is 3.75. The highest BCUT2D eigenvalue weighted by atomic mass is 16.5. The maximum Gasteiger partial charge on any atom is 0.326 e. The van der Waals surface area contributed by atoms with Gasteiger partial charge in [-0.05, 0) is 61.5 Å². The van der Waals surface area contributed by atoms with Crippen LogP contribution in [0.4, 0.5) is 5.69 Å². The molecular weight excluding hydrogens is 328 g/mol. The first kappa shape index (κ1) is 17.7. The number of benzene rings is 2. The first-order valence-electron chi connectivity index (χ1n) is 8.51. The number of carbonyl (C=O) groups is 2. The third-order valence-electron chi connectivity index (χ3n) is 4.46. The Bertz CT molecular complexity index is 973. The summed E-state index contributed by atoms with van der Waals surface area (Å²) in [6.45, 7) is 5.71. The molecule has 3 rings (SSSR count). The van der Waals surface area contributed by atoms with Crippen molar-refractivity contribution in [2.45, 2.75) is 27.3 Å². The number of nitrogens with one attached hydrogen (secondary N) is 1. The molecule has 5 heteroatoms. The number of fused-ring (bicyclic) bond motifs is 1. The number of aryl methyl sites for hydroxylation is 3. The van der Waals surface area contributed by atoms with E-state index in [2.05, 4.69) is 5.32 Å². The van der Waals surface area contributed by atoms with Gasteiger partial charge in [0, 0.05) is 16.9 Å². The summed E-state index contributed by atoms with van der Waals surface area (Å²) in [5, 5.41) is 3.82. The van der Waals surface area contributed by atoms with Gasteiger partial charge >= 0.3 is 5.97 Å². The van der Waals surface area contributed by atoms with Gasteiger partial charge in [0.2, 0.25) is 0 Å². The lowest BCUT2D eigenvalue weighted by atomic mass is 10.1. The Morgan fingerprint density at radius 3 is 2.54 bits per heavy atom. The molecule has 0 unspecified atom stereocenters. The molecule has 1 heterocycles. The maximum absolute atomic E-state index is 12.1. The molecule has 1 amide bonds. The van der Waals surface area contributed by atoms with Gasteiger partial charge in [-0.1, -0.05) is 24.3 Å². The Labute approximate surface area is 152 Å². The summed E-state index contributed by atoms with van der Waals surface area (Å²) in [5.74, 6) is -0.791. The monoisotopic (exact) mass is 350 g/mol. The molecule has 0 aliphatic carbocycles. The van der Waals surface area contributed by atoms with Crippen LogP contribution in [0.5, 0.6) is 0 Å². The van der Waals surface area contributed by atoms with E-state index in [9.17, 15) is 9.59 Å². The molecule has 2 aromatic carbocycles. The minimum atomic E-state index is -0.440. The van der Waals surface area contributed by atoms with Crippen molar-refractivity contribution in [2.75, 3.05) is 11.9 Å². The zero-order valence-electron chi connectivity index (χ0n) is 15.2. The van der Waals surface area contributed by atoms with Gasteiger partial charge in [0.05, 0.1) is 0 Å². The van der Waals surface area contributed by atoms with Gasteiger partial charge in [-0.3, -0.25) is 9.59 Å². The van der Waals surface area contributed by atoms with Crippen LogP contribution >= 0.6 is 0 Å². The fourth-order valence-corrected chi connectivity index (χ4v) is 2.90. The third kappa shape index (κ3) is 3.94. The van der Waals surface area contributed by atoms with Crippen molar-refractivity contribution >= 4 is 28.5 Å². The van der Waals surface area contributed by atoms with Gasteiger partial charge in [0.25, 0.3) is 5.91 Å². The van der Waals surface area contributed by atoms with Crippen LogP contribution in [0.15, 0.2) is 48.5 Å². The minimum Gasteiger partial charge on any atom is -0.454 e. The topological polar surface area (TPSA) is 60.3 Å². The number of hydrogen-bond acceptors (Lipinski definition) is 3. The number of anilines is 1. The average molecular weight is 350 g/mol. The molecule has 0 bridgehead atoms. The van der Waals surface area contributed by atoms with Gasteiger partial charge in [-0.2, -0.15) is 0 Å². The molecule has 0 radical (unpaired) electrons. The van der Waals surface area contributed by atoms with Crippen molar-refractivity contribution in [1.82, 2.24) is 4.57 Å². The SMILES string of the molecule is Cc1ccc(NC(=O)COC(=O)Cn2c(C)cc3ccccc32)cc1C. The largest absolute Gasteiger partial charge is 0.454 e. The standard InChI is InChI=1S/C21H22N2O3/c1-14-8-9-18(10-15(14)2)22-20(24)13-26-21(25)12-23-16(3)11-17-6-4-5-7-19(17)23/h4-11H,12-13H2,1-3H3,(H,22,24). The fourth-order valence-electron chi connectivity index (χ4n) is 2.90. The zero-order valence-corrected chi connectivity index (χ0v) is 15.2. The molecule has 5 nitrogen and oxygen atoms in total. The van der Waals surface area contributed by atoms with Gasteiger partial charge in [-0.15, -0.1) is 0 Å². The van der Waals surface area contributed by atoms with E-state index in [-0.39, 0.29) is 19.1 Å². The van der Waals surface area contributed by atoms with Gasteiger partial charge in [0.15, 0.2) is 6.61 Å². The molecule has 1 N–H and O–H groups in total. The van der Waals surface area contributed by atoms with E-state index < -0.39 is 5.97 Å². The van der Waals surface area contributed by atoms with Crippen molar-refractivity contribution in [2.24, 2.45) is 0 Å². The summed E-state index contributed by atoms with van der Waals surface area (Å²) in [4.78, 5) is 24.1. The predicted molar refractivity (Wildman–Crippen MR) is 102 cm³/mol. The molecule has 1 aromatic heterocycles. The molecule has 3 aromatic rings.